The summed E-state index contributed by atoms with van der Waals surface area (Å²) < 4.78 is 0. The Morgan fingerprint density at radius 1 is 1.08 bits per heavy atom. The van der Waals surface area contributed by atoms with E-state index in [9.17, 15) is 0 Å². The van der Waals surface area contributed by atoms with Gasteiger partial charge in [0.25, 0.3) is 0 Å². The highest BCUT2D eigenvalue weighted by Crippen LogP contribution is 2.27. The lowest BCUT2D eigenvalue weighted by Gasteiger charge is -2.12. The number of thiocarbonyl (C=S) groups is 1. The highest BCUT2D eigenvalue weighted by molar-refractivity contribution is 7.98. The van der Waals surface area contributed by atoms with Gasteiger partial charge in [0.05, 0.1) is 0 Å². The summed E-state index contributed by atoms with van der Waals surface area (Å²) in [6, 6.07) is 11.9. The largest absolute Gasteiger partial charge is 0.362 e. The third kappa shape index (κ3) is 6.17. The molecule has 0 atom stereocenters. The van der Waals surface area contributed by atoms with Gasteiger partial charge in [-0.25, -0.2) is 0 Å². The van der Waals surface area contributed by atoms with Crippen LogP contribution in [0.5, 0.6) is 0 Å². The van der Waals surface area contributed by atoms with Gasteiger partial charge in [-0.15, -0.1) is 0 Å². The molecule has 2 rings (SSSR count). The van der Waals surface area contributed by atoms with Crippen LogP contribution in [0.2, 0.25) is 10.0 Å². The summed E-state index contributed by atoms with van der Waals surface area (Å²) >= 11 is 19.4. The van der Waals surface area contributed by atoms with E-state index in [-0.39, 0.29) is 0 Å². The number of rotatable bonds is 6. The Hall–Kier alpha value is -0.940. The summed E-state index contributed by atoms with van der Waals surface area (Å²) in [6.07, 6.45) is 0. The van der Waals surface area contributed by atoms with Crippen molar-refractivity contribution in [3.05, 3.63) is 63.1 Å². The van der Waals surface area contributed by atoms with Crippen LogP contribution in [0, 0.1) is 13.8 Å². The first kappa shape index (κ1) is 19.4. The zero-order valence-electron chi connectivity index (χ0n) is 13.7. The van der Waals surface area contributed by atoms with E-state index in [4.69, 9.17) is 35.4 Å². The molecule has 6 heteroatoms. The van der Waals surface area contributed by atoms with Gasteiger partial charge in [0, 0.05) is 33.8 Å². The maximum atomic E-state index is 6.16. The Bertz CT molecular complexity index is 680. The van der Waals surface area contributed by atoms with Crippen LogP contribution in [-0.4, -0.2) is 17.4 Å². The molecule has 0 aromatic heterocycles. The first-order chi connectivity index (χ1) is 11.5. The van der Waals surface area contributed by atoms with Gasteiger partial charge in [-0.1, -0.05) is 35.3 Å². The Morgan fingerprint density at radius 3 is 2.33 bits per heavy atom. The van der Waals surface area contributed by atoms with Crippen molar-refractivity contribution in [2.45, 2.75) is 19.6 Å². The van der Waals surface area contributed by atoms with E-state index < -0.39 is 0 Å². The summed E-state index contributed by atoms with van der Waals surface area (Å²) in [7, 11) is 0. The molecule has 0 amide bonds. The molecule has 0 aliphatic heterocycles. The average molecular weight is 399 g/mol. The molecule has 0 aliphatic rings. The lowest BCUT2D eigenvalue weighted by atomic mass is 10.1. The predicted octanol–water partition coefficient (Wildman–Crippen LogP) is 5.83. The van der Waals surface area contributed by atoms with Gasteiger partial charge in [0.2, 0.25) is 0 Å². The number of benzene rings is 2. The van der Waals surface area contributed by atoms with Crippen LogP contribution in [0.3, 0.4) is 0 Å². The van der Waals surface area contributed by atoms with Crippen molar-refractivity contribution in [2.75, 3.05) is 17.6 Å². The molecule has 2 aromatic rings. The minimum atomic E-state index is 0.636. The summed E-state index contributed by atoms with van der Waals surface area (Å²) in [6.45, 7) is 4.93. The first-order valence-corrected chi connectivity index (χ1v) is 9.91. The Labute approximate surface area is 163 Å². The van der Waals surface area contributed by atoms with Crippen LogP contribution < -0.4 is 10.6 Å². The fourth-order valence-electron chi connectivity index (χ4n) is 2.30. The minimum absolute atomic E-state index is 0.636. The maximum absolute atomic E-state index is 6.16. The average Bonchev–Trinajstić information content (AvgIpc) is 2.48. The predicted molar refractivity (Wildman–Crippen MR) is 113 cm³/mol. The zero-order valence-corrected chi connectivity index (χ0v) is 16.8. The van der Waals surface area contributed by atoms with Gasteiger partial charge in [-0.05, 0) is 67.0 Å². The molecule has 0 unspecified atom stereocenters. The standard InChI is InChI=1S/C18H20Cl2N2S2/c1-12-8-13(2)10-14(9-12)22-18(23)21-6-7-24-11-15-16(19)4-3-5-17(15)20/h3-5,8-10H,6-7,11H2,1-2H3,(H2,21,22,23). The van der Waals surface area contributed by atoms with Gasteiger partial charge in [0.1, 0.15) is 0 Å². The SMILES string of the molecule is Cc1cc(C)cc(NC(=S)NCCSCc2c(Cl)cccc2Cl)c1. The van der Waals surface area contributed by atoms with Crippen molar-refractivity contribution in [2.24, 2.45) is 0 Å². The molecule has 0 aliphatic carbocycles. The van der Waals surface area contributed by atoms with Crippen molar-refractivity contribution < 1.29 is 0 Å². The lowest BCUT2D eigenvalue weighted by molar-refractivity contribution is 0.989. The van der Waals surface area contributed by atoms with E-state index in [0.717, 1.165) is 39.3 Å². The molecule has 0 saturated heterocycles. The smallest absolute Gasteiger partial charge is 0.170 e. The van der Waals surface area contributed by atoms with Crippen molar-refractivity contribution in [1.29, 1.82) is 0 Å². The molecule has 24 heavy (non-hydrogen) atoms. The van der Waals surface area contributed by atoms with Crippen molar-refractivity contribution in [3.63, 3.8) is 0 Å². The monoisotopic (exact) mass is 398 g/mol. The van der Waals surface area contributed by atoms with Crippen molar-refractivity contribution >= 4 is 58.0 Å². The van der Waals surface area contributed by atoms with Crippen molar-refractivity contribution in [3.8, 4) is 0 Å². The second-order valence-corrected chi connectivity index (χ2v) is 7.84. The zero-order chi connectivity index (χ0) is 17.5. The van der Waals surface area contributed by atoms with E-state index in [1.54, 1.807) is 11.8 Å². The molecule has 2 aromatic carbocycles. The highest BCUT2D eigenvalue weighted by Gasteiger charge is 2.05. The van der Waals surface area contributed by atoms with Gasteiger partial charge in [-0.2, -0.15) is 11.8 Å². The maximum Gasteiger partial charge on any atom is 0.170 e. The first-order valence-electron chi connectivity index (χ1n) is 7.59. The number of thioether (sulfide) groups is 1. The second kappa shape index (κ2) is 9.52. The summed E-state index contributed by atoms with van der Waals surface area (Å²) in [5.41, 5.74) is 4.43. The molecular formula is C18H20Cl2N2S2. The van der Waals surface area contributed by atoms with E-state index in [2.05, 4.69) is 42.7 Å². The molecule has 0 bridgehead atoms. The molecule has 0 fully saturated rings. The van der Waals surface area contributed by atoms with Crippen LogP contribution in [0.4, 0.5) is 5.69 Å². The fraction of sp³-hybridized carbons (Fsp3) is 0.278. The number of halogens is 2. The van der Waals surface area contributed by atoms with Crippen LogP contribution in [0.25, 0.3) is 0 Å². The summed E-state index contributed by atoms with van der Waals surface area (Å²) in [4.78, 5) is 0. The van der Waals surface area contributed by atoms with E-state index >= 15 is 0 Å². The van der Waals surface area contributed by atoms with Gasteiger partial charge in [0.15, 0.2) is 5.11 Å². The minimum Gasteiger partial charge on any atom is -0.362 e. The third-order valence-corrected chi connectivity index (χ3v) is 5.26. The van der Waals surface area contributed by atoms with Crippen LogP contribution in [0.15, 0.2) is 36.4 Å². The lowest BCUT2D eigenvalue weighted by Crippen LogP contribution is -2.30. The number of nitrogens with one attached hydrogen (secondary N) is 2. The molecule has 0 heterocycles. The number of anilines is 1. The van der Waals surface area contributed by atoms with Crippen LogP contribution in [-0.2, 0) is 5.75 Å². The van der Waals surface area contributed by atoms with E-state index in [1.807, 2.05) is 18.2 Å². The quantitative estimate of drug-likeness (QED) is 0.471. The normalized spacial score (nSPS) is 10.5. The van der Waals surface area contributed by atoms with Gasteiger partial charge < -0.3 is 10.6 Å². The molecule has 0 radical (unpaired) electrons. The highest BCUT2D eigenvalue weighted by atomic mass is 35.5. The van der Waals surface area contributed by atoms with E-state index in [0.29, 0.717) is 5.11 Å². The number of aryl methyl sites for hydroxylation is 2. The fourth-order valence-corrected chi connectivity index (χ4v) is 4.12. The number of hydrogen-bond acceptors (Lipinski definition) is 2. The second-order valence-electron chi connectivity index (χ2n) is 5.51. The summed E-state index contributed by atoms with van der Waals surface area (Å²) in [5.74, 6) is 1.70. The Kier molecular flexibility index (Phi) is 7.69. The number of hydrogen-bond donors (Lipinski definition) is 2. The topological polar surface area (TPSA) is 24.1 Å². The van der Waals surface area contributed by atoms with Gasteiger partial charge in [-0.3, -0.25) is 0 Å². The Balaban J connectivity index is 1.71. The molecule has 0 saturated carbocycles. The Morgan fingerprint density at radius 2 is 1.71 bits per heavy atom. The van der Waals surface area contributed by atoms with Gasteiger partial charge >= 0.3 is 0 Å². The molecule has 0 spiro atoms. The molecule has 2 nitrogen and oxygen atoms in total. The molecular weight excluding hydrogens is 379 g/mol. The van der Waals surface area contributed by atoms with Crippen LogP contribution >= 0.6 is 47.2 Å². The summed E-state index contributed by atoms with van der Waals surface area (Å²) in [5, 5.41) is 8.51. The third-order valence-electron chi connectivity index (χ3n) is 3.32. The van der Waals surface area contributed by atoms with Crippen LogP contribution in [0.1, 0.15) is 16.7 Å². The molecule has 128 valence electrons. The van der Waals surface area contributed by atoms with Crippen molar-refractivity contribution in [1.82, 2.24) is 5.32 Å². The van der Waals surface area contributed by atoms with E-state index in [1.165, 1.54) is 11.1 Å². The molecule has 2 N–H and O–H groups in total.